The van der Waals surface area contributed by atoms with Crippen molar-refractivity contribution in [2.75, 3.05) is 12.8 Å². The fraction of sp³-hybridized carbons (Fsp3) is 0.188. The highest BCUT2D eigenvalue weighted by Crippen LogP contribution is 2.10. The molecule has 2 aromatic rings. The lowest BCUT2D eigenvalue weighted by Gasteiger charge is -2.16. The van der Waals surface area contributed by atoms with Crippen LogP contribution < -0.4 is 0 Å². The quantitative estimate of drug-likeness (QED) is 0.768. The van der Waals surface area contributed by atoms with Gasteiger partial charge in [-0.2, -0.15) is 0 Å². The van der Waals surface area contributed by atoms with Crippen LogP contribution in [0.3, 0.4) is 0 Å². The summed E-state index contributed by atoms with van der Waals surface area (Å²) in [5.74, 6) is -1.66. The Balaban J connectivity index is 2.06. The van der Waals surface area contributed by atoms with Crippen molar-refractivity contribution in [2.24, 2.45) is 0 Å². The Labute approximate surface area is 129 Å². The van der Waals surface area contributed by atoms with Gasteiger partial charge in [-0.25, -0.2) is 17.1 Å². The minimum atomic E-state index is -3.73. The maximum atomic E-state index is 12.8. The first kappa shape index (κ1) is 16.3. The fourth-order valence-electron chi connectivity index (χ4n) is 1.93. The van der Waals surface area contributed by atoms with E-state index in [2.05, 4.69) is 0 Å². The van der Waals surface area contributed by atoms with Crippen LogP contribution in [0.4, 0.5) is 4.39 Å². The summed E-state index contributed by atoms with van der Waals surface area (Å²) < 4.78 is 38.4. The molecule has 0 radical (unpaired) electrons. The van der Waals surface area contributed by atoms with Crippen LogP contribution >= 0.6 is 0 Å². The van der Waals surface area contributed by atoms with Gasteiger partial charge in [0.25, 0.3) is 0 Å². The summed E-state index contributed by atoms with van der Waals surface area (Å²) in [5.41, 5.74) is 1.01. The number of halogens is 1. The van der Waals surface area contributed by atoms with E-state index in [1.165, 1.54) is 19.2 Å². The van der Waals surface area contributed by atoms with E-state index in [4.69, 9.17) is 0 Å². The highest BCUT2D eigenvalue weighted by Gasteiger charge is 2.23. The molecule has 0 aliphatic rings. The number of benzene rings is 2. The summed E-state index contributed by atoms with van der Waals surface area (Å²) in [6.07, 6.45) is 0. The van der Waals surface area contributed by atoms with Crippen molar-refractivity contribution < 1.29 is 17.6 Å². The van der Waals surface area contributed by atoms with Crippen molar-refractivity contribution in [2.45, 2.75) is 6.54 Å². The third kappa shape index (κ3) is 4.22. The highest BCUT2D eigenvalue weighted by atomic mass is 32.2. The number of Topliss-reactive ketones (excluding diaryl/α,β-unsaturated/α-hetero) is 1. The first-order chi connectivity index (χ1) is 10.4. The standard InChI is InChI=1S/C16H16FNO3S/c1-18(11-13-5-3-2-4-6-13)22(20,21)12-16(19)14-7-9-15(17)10-8-14/h2-10H,11-12H2,1H3. The van der Waals surface area contributed by atoms with Gasteiger partial charge in [0.15, 0.2) is 5.78 Å². The zero-order chi connectivity index (χ0) is 16.2. The van der Waals surface area contributed by atoms with Crippen molar-refractivity contribution in [3.8, 4) is 0 Å². The Kier molecular flexibility index (Phi) is 5.05. The molecular weight excluding hydrogens is 305 g/mol. The topological polar surface area (TPSA) is 54.5 Å². The molecule has 0 saturated heterocycles. The zero-order valence-corrected chi connectivity index (χ0v) is 12.9. The number of rotatable bonds is 6. The normalized spacial score (nSPS) is 11.6. The van der Waals surface area contributed by atoms with Crippen LogP contribution in [0.25, 0.3) is 0 Å². The molecule has 6 heteroatoms. The van der Waals surface area contributed by atoms with E-state index in [9.17, 15) is 17.6 Å². The molecule has 2 rings (SSSR count). The molecule has 116 valence electrons. The van der Waals surface area contributed by atoms with Gasteiger partial charge in [0.1, 0.15) is 11.6 Å². The molecule has 0 fully saturated rings. The molecule has 2 aromatic carbocycles. The van der Waals surface area contributed by atoms with Crippen molar-refractivity contribution in [3.05, 3.63) is 71.5 Å². The lowest BCUT2D eigenvalue weighted by atomic mass is 10.1. The van der Waals surface area contributed by atoms with E-state index >= 15 is 0 Å². The molecule has 0 aliphatic heterocycles. The second kappa shape index (κ2) is 6.81. The summed E-state index contributed by atoms with van der Waals surface area (Å²) in [4.78, 5) is 12.0. The van der Waals surface area contributed by atoms with Gasteiger partial charge in [0, 0.05) is 19.2 Å². The zero-order valence-electron chi connectivity index (χ0n) is 12.1. The first-order valence-electron chi connectivity index (χ1n) is 6.65. The molecule has 4 nitrogen and oxygen atoms in total. The summed E-state index contributed by atoms with van der Waals surface area (Å²) >= 11 is 0. The molecule has 0 bridgehead atoms. The van der Waals surface area contributed by atoms with E-state index in [0.29, 0.717) is 0 Å². The number of hydrogen-bond acceptors (Lipinski definition) is 3. The van der Waals surface area contributed by atoms with Crippen LogP contribution in [0.5, 0.6) is 0 Å². The maximum Gasteiger partial charge on any atom is 0.221 e. The average Bonchev–Trinajstić information content (AvgIpc) is 2.48. The maximum absolute atomic E-state index is 12.8. The molecular formula is C16H16FNO3S. The van der Waals surface area contributed by atoms with Gasteiger partial charge in [-0.3, -0.25) is 4.79 Å². The van der Waals surface area contributed by atoms with Crippen LogP contribution in [0.1, 0.15) is 15.9 Å². The summed E-state index contributed by atoms with van der Waals surface area (Å²) in [5, 5.41) is 0. The van der Waals surface area contributed by atoms with E-state index < -0.39 is 27.4 Å². The molecule has 22 heavy (non-hydrogen) atoms. The van der Waals surface area contributed by atoms with E-state index in [0.717, 1.165) is 22.0 Å². The predicted octanol–water partition coefficient (Wildman–Crippen LogP) is 2.47. The highest BCUT2D eigenvalue weighted by molar-refractivity contribution is 7.89. The van der Waals surface area contributed by atoms with Gasteiger partial charge >= 0.3 is 0 Å². The van der Waals surface area contributed by atoms with Gasteiger partial charge in [-0.05, 0) is 29.8 Å². The Morgan fingerprint density at radius 1 is 1.05 bits per heavy atom. The minimum absolute atomic E-state index is 0.179. The largest absolute Gasteiger partial charge is 0.293 e. The van der Waals surface area contributed by atoms with Crippen LogP contribution in [-0.4, -0.2) is 31.3 Å². The molecule has 0 heterocycles. The number of sulfonamides is 1. The van der Waals surface area contributed by atoms with Gasteiger partial charge in [0.2, 0.25) is 10.0 Å². The molecule has 0 aromatic heterocycles. The number of carbonyl (C=O) groups excluding carboxylic acids is 1. The van der Waals surface area contributed by atoms with Gasteiger partial charge < -0.3 is 0 Å². The summed E-state index contributed by atoms with van der Waals surface area (Å²) in [7, 11) is -2.30. The second-order valence-corrected chi connectivity index (χ2v) is 7.00. The molecule has 0 spiro atoms. The number of hydrogen-bond donors (Lipinski definition) is 0. The van der Waals surface area contributed by atoms with Gasteiger partial charge in [-0.1, -0.05) is 30.3 Å². The molecule has 0 aliphatic carbocycles. The minimum Gasteiger partial charge on any atom is -0.293 e. The first-order valence-corrected chi connectivity index (χ1v) is 8.26. The lowest BCUT2D eigenvalue weighted by Crippen LogP contribution is -2.32. The third-order valence-corrected chi connectivity index (χ3v) is 4.91. The van der Waals surface area contributed by atoms with Crippen LogP contribution in [0.15, 0.2) is 54.6 Å². The lowest BCUT2D eigenvalue weighted by molar-refractivity contribution is 0.101. The molecule has 0 N–H and O–H groups in total. The van der Waals surface area contributed by atoms with Crippen molar-refractivity contribution >= 4 is 15.8 Å². The Morgan fingerprint density at radius 2 is 1.64 bits per heavy atom. The van der Waals surface area contributed by atoms with Crippen LogP contribution in [0.2, 0.25) is 0 Å². The van der Waals surface area contributed by atoms with Crippen LogP contribution in [-0.2, 0) is 16.6 Å². The Bertz CT molecular complexity index is 743. The van der Waals surface area contributed by atoms with Crippen molar-refractivity contribution in [3.63, 3.8) is 0 Å². The van der Waals surface area contributed by atoms with E-state index in [-0.39, 0.29) is 12.1 Å². The van der Waals surface area contributed by atoms with E-state index in [1.807, 2.05) is 30.3 Å². The van der Waals surface area contributed by atoms with Gasteiger partial charge in [0.05, 0.1) is 0 Å². The molecule has 0 saturated carbocycles. The Hall–Kier alpha value is -2.05. The van der Waals surface area contributed by atoms with E-state index in [1.54, 1.807) is 0 Å². The SMILES string of the molecule is CN(Cc1ccccc1)S(=O)(=O)CC(=O)c1ccc(F)cc1. The summed E-state index contributed by atoms with van der Waals surface area (Å²) in [6.45, 7) is 0.194. The average molecular weight is 321 g/mol. The number of ketones is 1. The van der Waals surface area contributed by atoms with Gasteiger partial charge in [-0.15, -0.1) is 0 Å². The molecule has 0 amide bonds. The predicted molar refractivity (Wildman–Crippen MR) is 82.4 cm³/mol. The van der Waals surface area contributed by atoms with Crippen molar-refractivity contribution in [1.82, 2.24) is 4.31 Å². The van der Waals surface area contributed by atoms with Crippen molar-refractivity contribution in [1.29, 1.82) is 0 Å². The number of carbonyl (C=O) groups is 1. The second-order valence-electron chi connectivity index (χ2n) is 4.93. The molecule has 0 unspecified atom stereocenters. The third-order valence-electron chi connectivity index (χ3n) is 3.20. The smallest absolute Gasteiger partial charge is 0.221 e. The fourth-order valence-corrected chi connectivity index (χ4v) is 3.00. The number of nitrogens with zero attached hydrogens (tertiary/aromatic N) is 1. The van der Waals surface area contributed by atoms with Crippen LogP contribution in [0, 0.1) is 5.82 Å². The summed E-state index contributed by atoms with van der Waals surface area (Å²) in [6, 6.07) is 13.9. The monoisotopic (exact) mass is 321 g/mol. The Morgan fingerprint density at radius 3 is 2.23 bits per heavy atom. The molecule has 0 atom stereocenters.